The SMILES string of the molecule is Cc1cc(C(=O)CN(C)Cc2cccc(Cl)c2)c(C)n1-c1ccc2c(c1)OCO2. The van der Waals surface area contributed by atoms with Crippen LogP contribution >= 0.6 is 11.6 Å². The molecule has 0 amide bonds. The first-order chi connectivity index (χ1) is 13.9. The minimum atomic E-state index is 0.0922. The van der Waals surface area contributed by atoms with Crippen molar-refractivity contribution in [2.45, 2.75) is 20.4 Å². The zero-order valence-electron chi connectivity index (χ0n) is 16.7. The van der Waals surface area contributed by atoms with Gasteiger partial charge in [0.2, 0.25) is 6.79 Å². The highest BCUT2D eigenvalue weighted by Gasteiger charge is 2.20. The van der Waals surface area contributed by atoms with E-state index in [0.29, 0.717) is 18.1 Å². The topological polar surface area (TPSA) is 43.7 Å². The standard InChI is InChI=1S/C23H23ClN2O3/c1-15-9-20(21(27)13-25(3)12-17-5-4-6-18(24)10-17)16(2)26(15)19-7-8-22-23(11-19)29-14-28-22/h4-11H,12-14H2,1-3H3. The van der Waals surface area contributed by atoms with Crippen LogP contribution in [0.1, 0.15) is 27.3 Å². The Bertz CT molecular complexity index is 1070. The summed E-state index contributed by atoms with van der Waals surface area (Å²) in [4.78, 5) is 15.0. The molecule has 0 saturated heterocycles. The van der Waals surface area contributed by atoms with Crippen molar-refractivity contribution in [2.24, 2.45) is 0 Å². The number of halogens is 1. The lowest BCUT2D eigenvalue weighted by molar-refractivity contribution is 0.0942. The predicted molar refractivity (Wildman–Crippen MR) is 113 cm³/mol. The number of fused-ring (bicyclic) bond motifs is 1. The highest BCUT2D eigenvalue weighted by molar-refractivity contribution is 6.30. The van der Waals surface area contributed by atoms with Gasteiger partial charge in [-0.3, -0.25) is 9.69 Å². The van der Waals surface area contributed by atoms with E-state index in [-0.39, 0.29) is 12.6 Å². The van der Waals surface area contributed by atoms with E-state index in [0.717, 1.165) is 39.7 Å². The van der Waals surface area contributed by atoms with Crippen LogP contribution in [0.25, 0.3) is 5.69 Å². The maximum Gasteiger partial charge on any atom is 0.231 e. The minimum absolute atomic E-state index is 0.0922. The van der Waals surface area contributed by atoms with Gasteiger partial charge in [-0.25, -0.2) is 0 Å². The molecule has 1 aliphatic rings. The van der Waals surface area contributed by atoms with Gasteiger partial charge in [0.1, 0.15) is 0 Å². The predicted octanol–water partition coefficient (Wildman–Crippen LogP) is 4.79. The van der Waals surface area contributed by atoms with Crippen molar-refractivity contribution in [3.8, 4) is 17.2 Å². The van der Waals surface area contributed by atoms with Gasteiger partial charge >= 0.3 is 0 Å². The van der Waals surface area contributed by atoms with Crippen LogP contribution in [0.5, 0.6) is 11.5 Å². The highest BCUT2D eigenvalue weighted by atomic mass is 35.5. The molecule has 0 aliphatic carbocycles. The molecule has 0 N–H and O–H groups in total. The zero-order valence-corrected chi connectivity index (χ0v) is 17.5. The van der Waals surface area contributed by atoms with E-state index in [1.807, 2.05) is 74.3 Å². The zero-order chi connectivity index (χ0) is 20.5. The fourth-order valence-electron chi connectivity index (χ4n) is 3.80. The summed E-state index contributed by atoms with van der Waals surface area (Å²) in [5.41, 5.74) is 4.69. The summed E-state index contributed by atoms with van der Waals surface area (Å²) in [6.45, 7) is 5.21. The molecular weight excluding hydrogens is 388 g/mol. The average Bonchev–Trinajstić information content (AvgIpc) is 3.24. The first-order valence-corrected chi connectivity index (χ1v) is 9.85. The third-order valence-corrected chi connectivity index (χ3v) is 5.34. The number of ether oxygens (including phenoxy) is 2. The third-order valence-electron chi connectivity index (χ3n) is 5.10. The van der Waals surface area contributed by atoms with Crippen LogP contribution in [0.4, 0.5) is 0 Å². The number of aromatic nitrogens is 1. The van der Waals surface area contributed by atoms with Gasteiger partial charge < -0.3 is 14.0 Å². The number of carbonyl (C=O) groups excluding carboxylic acids is 1. The van der Waals surface area contributed by atoms with Crippen LogP contribution in [0.3, 0.4) is 0 Å². The van der Waals surface area contributed by atoms with Crippen LogP contribution in [0.2, 0.25) is 5.02 Å². The summed E-state index contributed by atoms with van der Waals surface area (Å²) in [5, 5.41) is 0.703. The molecule has 1 aromatic heterocycles. The van der Waals surface area contributed by atoms with Crippen molar-refractivity contribution in [1.29, 1.82) is 0 Å². The van der Waals surface area contributed by atoms with E-state index in [1.165, 1.54) is 0 Å². The van der Waals surface area contributed by atoms with Gasteiger partial charge in [0, 0.05) is 40.3 Å². The van der Waals surface area contributed by atoms with Gasteiger partial charge in [0.05, 0.1) is 6.54 Å². The van der Waals surface area contributed by atoms with Gasteiger partial charge in [-0.05, 0) is 56.8 Å². The average molecular weight is 411 g/mol. The second-order valence-corrected chi connectivity index (χ2v) is 7.82. The number of hydrogen-bond donors (Lipinski definition) is 0. The largest absolute Gasteiger partial charge is 0.454 e. The quantitative estimate of drug-likeness (QED) is 0.548. The second kappa shape index (κ2) is 7.93. The van der Waals surface area contributed by atoms with E-state index in [2.05, 4.69) is 4.57 Å². The number of Topliss-reactive ketones (excluding diaryl/α,β-unsaturated/α-hetero) is 1. The molecule has 2 heterocycles. The van der Waals surface area contributed by atoms with E-state index in [4.69, 9.17) is 21.1 Å². The number of nitrogens with zero attached hydrogens (tertiary/aromatic N) is 2. The van der Waals surface area contributed by atoms with Crippen molar-refractivity contribution in [2.75, 3.05) is 20.4 Å². The molecule has 0 fully saturated rings. The Morgan fingerprint density at radius 3 is 2.69 bits per heavy atom. The number of carbonyl (C=O) groups is 1. The first-order valence-electron chi connectivity index (χ1n) is 9.47. The summed E-state index contributed by atoms with van der Waals surface area (Å²) in [7, 11) is 1.94. The molecular formula is C23H23ClN2O3. The smallest absolute Gasteiger partial charge is 0.231 e. The minimum Gasteiger partial charge on any atom is -0.454 e. The van der Waals surface area contributed by atoms with Gasteiger partial charge in [-0.2, -0.15) is 0 Å². The van der Waals surface area contributed by atoms with Gasteiger partial charge in [-0.1, -0.05) is 23.7 Å². The summed E-state index contributed by atoms with van der Waals surface area (Å²) in [6.07, 6.45) is 0. The van der Waals surface area contributed by atoms with Crippen molar-refractivity contribution in [3.63, 3.8) is 0 Å². The molecule has 29 heavy (non-hydrogen) atoms. The van der Waals surface area contributed by atoms with Gasteiger partial charge in [-0.15, -0.1) is 0 Å². The second-order valence-electron chi connectivity index (χ2n) is 7.38. The molecule has 5 nitrogen and oxygen atoms in total. The molecule has 0 radical (unpaired) electrons. The summed E-state index contributed by atoms with van der Waals surface area (Å²) >= 11 is 6.06. The Labute approximate surface area is 175 Å². The molecule has 1 aliphatic heterocycles. The normalized spacial score (nSPS) is 12.6. The number of hydrogen-bond acceptors (Lipinski definition) is 4. The Balaban J connectivity index is 1.53. The van der Waals surface area contributed by atoms with Crippen LogP contribution < -0.4 is 9.47 Å². The van der Waals surface area contributed by atoms with E-state index >= 15 is 0 Å². The van der Waals surface area contributed by atoms with Crippen molar-refractivity contribution in [3.05, 3.63) is 76.1 Å². The van der Waals surface area contributed by atoms with Gasteiger partial charge in [0.15, 0.2) is 17.3 Å². The number of rotatable bonds is 6. The van der Waals surface area contributed by atoms with E-state index in [9.17, 15) is 4.79 Å². The summed E-state index contributed by atoms with van der Waals surface area (Å²) < 4.78 is 13.0. The lowest BCUT2D eigenvalue weighted by Gasteiger charge is -2.16. The van der Waals surface area contributed by atoms with E-state index < -0.39 is 0 Å². The van der Waals surface area contributed by atoms with Crippen LogP contribution in [-0.2, 0) is 6.54 Å². The van der Waals surface area contributed by atoms with Crippen molar-refractivity contribution >= 4 is 17.4 Å². The molecule has 0 atom stereocenters. The first kappa shape index (κ1) is 19.6. The Morgan fingerprint density at radius 1 is 1.10 bits per heavy atom. The van der Waals surface area contributed by atoms with E-state index in [1.54, 1.807) is 0 Å². The number of aryl methyl sites for hydroxylation is 1. The van der Waals surface area contributed by atoms with Crippen LogP contribution in [0, 0.1) is 13.8 Å². The van der Waals surface area contributed by atoms with Gasteiger partial charge in [0.25, 0.3) is 0 Å². The maximum absolute atomic E-state index is 13.0. The Morgan fingerprint density at radius 2 is 1.90 bits per heavy atom. The highest BCUT2D eigenvalue weighted by Crippen LogP contribution is 2.35. The molecule has 3 aromatic rings. The molecule has 0 saturated carbocycles. The molecule has 6 heteroatoms. The van der Waals surface area contributed by atoms with Crippen LogP contribution in [0.15, 0.2) is 48.5 Å². The lowest BCUT2D eigenvalue weighted by atomic mass is 10.1. The number of benzene rings is 2. The summed E-state index contributed by atoms with van der Waals surface area (Å²) in [5.74, 6) is 1.56. The monoisotopic (exact) mass is 410 g/mol. The van der Waals surface area contributed by atoms with Crippen LogP contribution in [-0.4, -0.2) is 35.6 Å². The fourth-order valence-corrected chi connectivity index (χ4v) is 4.01. The lowest BCUT2D eigenvalue weighted by Crippen LogP contribution is -2.25. The third kappa shape index (κ3) is 4.02. The number of likely N-dealkylation sites (N-methyl/N-ethyl adjacent to an activating group) is 1. The molecule has 0 bridgehead atoms. The van der Waals surface area contributed by atoms with Crippen molar-refractivity contribution < 1.29 is 14.3 Å². The van der Waals surface area contributed by atoms with Crippen molar-refractivity contribution in [1.82, 2.24) is 9.47 Å². The number of ketones is 1. The molecule has 2 aromatic carbocycles. The molecule has 4 rings (SSSR count). The molecule has 0 spiro atoms. The Hall–Kier alpha value is -2.76. The summed E-state index contributed by atoms with van der Waals surface area (Å²) in [6, 6.07) is 15.5. The maximum atomic E-state index is 13.0. The Kier molecular flexibility index (Phi) is 5.35. The molecule has 0 unspecified atom stereocenters. The molecule has 150 valence electrons. The fraction of sp³-hybridized carbons (Fsp3) is 0.261.